The van der Waals surface area contributed by atoms with Crippen LogP contribution in [0.4, 0.5) is 5.82 Å². The second-order valence-corrected chi connectivity index (χ2v) is 4.50. The van der Waals surface area contributed by atoms with E-state index in [1.165, 1.54) is 0 Å². The van der Waals surface area contributed by atoms with Gasteiger partial charge in [-0.1, -0.05) is 0 Å². The van der Waals surface area contributed by atoms with Crippen molar-refractivity contribution in [3.05, 3.63) is 18.3 Å². The van der Waals surface area contributed by atoms with E-state index in [0.717, 1.165) is 19.5 Å². The van der Waals surface area contributed by atoms with E-state index in [2.05, 4.69) is 34.6 Å². The van der Waals surface area contributed by atoms with Gasteiger partial charge in [0.1, 0.15) is 0 Å². The van der Waals surface area contributed by atoms with Gasteiger partial charge in [-0.2, -0.15) is 0 Å². The van der Waals surface area contributed by atoms with Gasteiger partial charge in [-0.15, -0.1) is 0 Å². The van der Waals surface area contributed by atoms with Crippen LogP contribution in [0.15, 0.2) is 18.3 Å². The molecule has 100 valence electrons. The molecule has 0 spiro atoms. The molecule has 0 atom stereocenters. The zero-order valence-electron chi connectivity index (χ0n) is 11.1. The third-order valence-electron chi connectivity index (χ3n) is 2.29. The van der Waals surface area contributed by atoms with Crippen LogP contribution >= 0.6 is 12.2 Å². The summed E-state index contributed by atoms with van der Waals surface area (Å²) in [5.74, 6) is 1.31. The number of ether oxygens (including phenoxy) is 1. The van der Waals surface area contributed by atoms with E-state index in [1.54, 1.807) is 13.3 Å². The minimum absolute atomic E-state index is 0.561. The van der Waals surface area contributed by atoms with E-state index in [4.69, 9.17) is 17.0 Å². The fourth-order valence-corrected chi connectivity index (χ4v) is 1.60. The van der Waals surface area contributed by atoms with E-state index < -0.39 is 0 Å². The van der Waals surface area contributed by atoms with Crippen molar-refractivity contribution in [2.45, 2.75) is 6.42 Å². The largest absolute Gasteiger partial charge is 0.493 e. The van der Waals surface area contributed by atoms with Crippen molar-refractivity contribution >= 4 is 23.1 Å². The molecule has 1 aromatic heterocycles. The van der Waals surface area contributed by atoms with Crippen LogP contribution in [0.1, 0.15) is 6.42 Å². The number of pyridine rings is 1. The molecule has 6 heteroatoms. The molecule has 5 nitrogen and oxygen atoms in total. The number of rotatable bonds is 6. The highest BCUT2D eigenvalue weighted by molar-refractivity contribution is 7.80. The van der Waals surface area contributed by atoms with Crippen molar-refractivity contribution in [3.63, 3.8) is 0 Å². The highest BCUT2D eigenvalue weighted by Gasteiger charge is 2.04. The smallest absolute Gasteiger partial charge is 0.174 e. The standard InChI is InChI=1S/C12H20N4OS/c1-16(2)9-5-8-14-12(18)15-11-10(17-3)6-4-7-13-11/h4,6-7H,5,8-9H2,1-3H3,(H2,13,14,15,18). The maximum absolute atomic E-state index is 5.19. The lowest BCUT2D eigenvalue weighted by atomic mass is 10.4. The summed E-state index contributed by atoms with van der Waals surface area (Å²) in [6, 6.07) is 3.65. The Morgan fingerprint density at radius 2 is 2.28 bits per heavy atom. The number of nitrogens with zero attached hydrogens (tertiary/aromatic N) is 2. The Morgan fingerprint density at radius 1 is 1.50 bits per heavy atom. The van der Waals surface area contributed by atoms with Crippen LogP contribution in [0.5, 0.6) is 5.75 Å². The predicted octanol–water partition coefficient (Wildman–Crippen LogP) is 1.33. The minimum Gasteiger partial charge on any atom is -0.493 e. The molecule has 0 aromatic carbocycles. The number of methoxy groups -OCH3 is 1. The van der Waals surface area contributed by atoms with E-state index in [1.807, 2.05) is 12.1 Å². The molecule has 0 radical (unpaired) electrons. The van der Waals surface area contributed by atoms with Crippen LogP contribution in [0.3, 0.4) is 0 Å². The molecular weight excluding hydrogens is 248 g/mol. The molecule has 1 heterocycles. The highest BCUT2D eigenvalue weighted by Crippen LogP contribution is 2.19. The molecule has 0 bridgehead atoms. The van der Waals surface area contributed by atoms with Gasteiger partial charge >= 0.3 is 0 Å². The summed E-state index contributed by atoms with van der Waals surface area (Å²) in [4.78, 5) is 6.31. The second-order valence-electron chi connectivity index (χ2n) is 4.09. The van der Waals surface area contributed by atoms with Crippen molar-refractivity contribution in [3.8, 4) is 5.75 Å². The lowest BCUT2D eigenvalue weighted by Crippen LogP contribution is -2.31. The maximum atomic E-state index is 5.19. The first-order valence-corrected chi connectivity index (χ1v) is 6.23. The normalized spacial score (nSPS) is 10.2. The SMILES string of the molecule is COc1cccnc1NC(=S)NCCCN(C)C. The summed E-state index contributed by atoms with van der Waals surface area (Å²) >= 11 is 5.19. The first-order valence-electron chi connectivity index (χ1n) is 5.82. The van der Waals surface area contributed by atoms with Gasteiger partial charge in [0.25, 0.3) is 0 Å². The van der Waals surface area contributed by atoms with Gasteiger partial charge in [0.2, 0.25) is 0 Å². The van der Waals surface area contributed by atoms with Crippen LogP contribution in [-0.2, 0) is 0 Å². The third-order valence-corrected chi connectivity index (χ3v) is 2.54. The Morgan fingerprint density at radius 3 is 2.94 bits per heavy atom. The molecule has 0 saturated heterocycles. The van der Waals surface area contributed by atoms with E-state index >= 15 is 0 Å². The number of hydrogen-bond donors (Lipinski definition) is 2. The molecule has 0 fully saturated rings. The molecule has 1 rings (SSSR count). The van der Waals surface area contributed by atoms with Crippen LogP contribution < -0.4 is 15.4 Å². The van der Waals surface area contributed by atoms with Gasteiger partial charge in [-0.3, -0.25) is 0 Å². The number of aromatic nitrogens is 1. The molecule has 0 amide bonds. The highest BCUT2D eigenvalue weighted by atomic mass is 32.1. The second kappa shape index (κ2) is 7.84. The van der Waals surface area contributed by atoms with E-state index in [0.29, 0.717) is 16.7 Å². The summed E-state index contributed by atoms with van der Waals surface area (Å²) in [5.41, 5.74) is 0. The average molecular weight is 268 g/mol. The summed E-state index contributed by atoms with van der Waals surface area (Å²) < 4.78 is 5.18. The number of anilines is 1. The first-order chi connectivity index (χ1) is 8.63. The molecular formula is C12H20N4OS. The first kappa shape index (κ1) is 14.7. The number of hydrogen-bond acceptors (Lipinski definition) is 4. The van der Waals surface area contributed by atoms with Gasteiger partial charge in [0, 0.05) is 12.7 Å². The molecule has 2 N–H and O–H groups in total. The molecule has 0 aliphatic rings. The fourth-order valence-electron chi connectivity index (χ4n) is 1.40. The fraction of sp³-hybridized carbons (Fsp3) is 0.500. The average Bonchev–Trinajstić information content (AvgIpc) is 2.35. The Labute approximate surface area is 114 Å². The van der Waals surface area contributed by atoms with Crippen molar-refractivity contribution in [1.29, 1.82) is 0 Å². The summed E-state index contributed by atoms with van der Waals surface area (Å²) in [6.07, 6.45) is 2.73. The van der Waals surface area contributed by atoms with Crippen LogP contribution in [-0.4, -0.2) is 49.3 Å². The lowest BCUT2D eigenvalue weighted by molar-refractivity contribution is 0.400. The van der Waals surface area contributed by atoms with Gasteiger partial charge in [0.15, 0.2) is 16.7 Å². The Hall–Kier alpha value is -1.40. The molecule has 0 unspecified atom stereocenters. The molecule has 0 aliphatic carbocycles. The van der Waals surface area contributed by atoms with Gasteiger partial charge in [-0.05, 0) is 51.4 Å². The van der Waals surface area contributed by atoms with Crippen molar-refractivity contribution < 1.29 is 4.74 Å². The number of thiocarbonyl (C=S) groups is 1. The predicted molar refractivity (Wildman–Crippen MR) is 78.2 cm³/mol. The van der Waals surface area contributed by atoms with Crippen molar-refractivity contribution in [1.82, 2.24) is 15.2 Å². The van der Waals surface area contributed by atoms with Crippen LogP contribution in [0, 0.1) is 0 Å². The third kappa shape index (κ3) is 5.29. The van der Waals surface area contributed by atoms with Gasteiger partial charge < -0.3 is 20.3 Å². The monoisotopic (exact) mass is 268 g/mol. The van der Waals surface area contributed by atoms with Gasteiger partial charge in [-0.25, -0.2) is 4.98 Å². The zero-order chi connectivity index (χ0) is 13.4. The number of nitrogens with one attached hydrogen (secondary N) is 2. The van der Waals surface area contributed by atoms with E-state index in [9.17, 15) is 0 Å². The maximum Gasteiger partial charge on any atom is 0.174 e. The topological polar surface area (TPSA) is 49.4 Å². The van der Waals surface area contributed by atoms with Crippen molar-refractivity contribution in [2.75, 3.05) is 39.6 Å². The molecule has 0 saturated carbocycles. The minimum atomic E-state index is 0.561. The van der Waals surface area contributed by atoms with E-state index in [-0.39, 0.29) is 0 Å². The lowest BCUT2D eigenvalue weighted by Gasteiger charge is -2.13. The summed E-state index contributed by atoms with van der Waals surface area (Å²) in [7, 11) is 5.71. The summed E-state index contributed by atoms with van der Waals surface area (Å²) in [6.45, 7) is 1.86. The van der Waals surface area contributed by atoms with Crippen LogP contribution in [0.2, 0.25) is 0 Å². The van der Waals surface area contributed by atoms with Crippen LogP contribution in [0.25, 0.3) is 0 Å². The quantitative estimate of drug-likeness (QED) is 0.599. The Bertz CT molecular complexity index is 384. The Kier molecular flexibility index (Phi) is 6.38. The summed E-state index contributed by atoms with van der Waals surface area (Å²) in [5, 5.41) is 6.72. The van der Waals surface area contributed by atoms with Gasteiger partial charge in [0.05, 0.1) is 7.11 Å². The Balaban J connectivity index is 2.35. The molecule has 18 heavy (non-hydrogen) atoms. The van der Waals surface area contributed by atoms with Crippen molar-refractivity contribution in [2.24, 2.45) is 0 Å². The zero-order valence-corrected chi connectivity index (χ0v) is 11.9. The molecule has 1 aromatic rings. The molecule has 0 aliphatic heterocycles.